The Morgan fingerprint density at radius 3 is 2.29 bits per heavy atom. The number of hydrogen-bond donors (Lipinski definition) is 0. The SMILES string of the molecule is CCN(CC)C1(C(=O)Cc2ccc(F)c(F)c2)CCCC1. The maximum Gasteiger partial charge on any atom is 0.159 e. The zero-order valence-electron chi connectivity index (χ0n) is 12.8. The van der Waals surface area contributed by atoms with E-state index in [2.05, 4.69) is 18.7 Å². The van der Waals surface area contributed by atoms with Gasteiger partial charge in [0.15, 0.2) is 17.4 Å². The largest absolute Gasteiger partial charge is 0.297 e. The number of ketones is 1. The highest BCUT2D eigenvalue weighted by atomic mass is 19.2. The van der Waals surface area contributed by atoms with E-state index in [0.29, 0.717) is 5.56 Å². The van der Waals surface area contributed by atoms with Crippen LogP contribution in [0.15, 0.2) is 18.2 Å². The first-order chi connectivity index (χ1) is 10.0. The summed E-state index contributed by atoms with van der Waals surface area (Å²) in [6.07, 6.45) is 4.03. The molecule has 0 atom stereocenters. The second-order valence-electron chi connectivity index (χ2n) is 5.76. The summed E-state index contributed by atoms with van der Waals surface area (Å²) in [6, 6.07) is 3.73. The van der Waals surface area contributed by atoms with Crippen molar-refractivity contribution in [2.45, 2.75) is 51.5 Å². The molecule has 0 saturated heterocycles. The van der Waals surface area contributed by atoms with Gasteiger partial charge in [0.05, 0.1) is 5.54 Å². The minimum atomic E-state index is -0.886. The number of nitrogens with zero attached hydrogens (tertiary/aromatic N) is 1. The lowest BCUT2D eigenvalue weighted by Gasteiger charge is -2.39. The zero-order valence-corrected chi connectivity index (χ0v) is 12.8. The van der Waals surface area contributed by atoms with Gasteiger partial charge in [-0.1, -0.05) is 32.8 Å². The Kier molecular flexibility index (Phi) is 5.09. The first-order valence-corrected chi connectivity index (χ1v) is 7.75. The highest BCUT2D eigenvalue weighted by molar-refractivity contribution is 5.90. The van der Waals surface area contributed by atoms with Gasteiger partial charge in [0, 0.05) is 6.42 Å². The molecule has 1 fully saturated rings. The van der Waals surface area contributed by atoms with Crippen LogP contribution in [0.4, 0.5) is 8.78 Å². The molecule has 1 aromatic rings. The van der Waals surface area contributed by atoms with Crippen LogP contribution in [0.1, 0.15) is 45.1 Å². The van der Waals surface area contributed by atoms with E-state index in [0.717, 1.165) is 50.9 Å². The standard InChI is InChI=1S/C17H23F2NO/c1-3-20(4-2)17(9-5-6-10-17)16(21)12-13-7-8-14(18)15(19)11-13/h7-8,11H,3-6,9-10,12H2,1-2H3. The molecule has 1 aliphatic carbocycles. The number of hydrogen-bond acceptors (Lipinski definition) is 2. The molecule has 0 spiro atoms. The molecule has 0 unspecified atom stereocenters. The van der Waals surface area contributed by atoms with Crippen molar-refractivity contribution in [3.05, 3.63) is 35.4 Å². The van der Waals surface area contributed by atoms with Crippen molar-refractivity contribution < 1.29 is 13.6 Å². The summed E-state index contributed by atoms with van der Waals surface area (Å²) in [5.41, 5.74) is 0.145. The molecular weight excluding hydrogens is 272 g/mol. The highest BCUT2D eigenvalue weighted by Gasteiger charge is 2.44. The zero-order chi connectivity index (χ0) is 15.5. The van der Waals surface area contributed by atoms with Gasteiger partial charge in [-0.15, -0.1) is 0 Å². The van der Waals surface area contributed by atoms with E-state index in [1.54, 1.807) is 0 Å². The predicted octanol–water partition coefficient (Wildman–Crippen LogP) is 3.73. The fourth-order valence-corrected chi connectivity index (χ4v) is 3.56. The van der Waals surface area contributed by atoms with Crippen molar-refractivity contribution in [3.8, 4) is 0 Å². The van der Waals surface area contributed by atoms with E-state index in [1.807, 2.05) is 0 Å². The molecule has 0 aromatic heterocycles. The van der Waals surface area contributed by atoms with Crippen molar-refractivity contribution >= 4 is 5.78 Å². The number of Topliss-reactive ketones (excluding diaryl/α,β-unsaturated/α-hetero) is 1. The van der Waals surface area contributed by atoms with Gasteiger partial charge in [-0.25, -0.2) is 8.78 Å². The molecule has 0 aliphatic heterocycles. The van der Waals surface area contributed by atoms with E-state index in [-0.39, 0.29) is 12.2 Å². The molecule has 0 heterocycles. The molecule has 116 valence electrons. The lowest BCUT2D eigenvalue weighted by molar-refractivity contribution is -0.130. The van der Waals surface area contributed by atoms with E-state index in [9.17, 15) is 13.6 Å². The van der Waals surface area contributed by atoms with Gasteiger partial charge in [-0.05, 0) is 43.6 Å². The van der Waals surface area contributed by atoms with E-state index >= 15 is 0 Å². The molecule has 1 saturated carbocycles. The van der Waals surface area contributed by atoms with Crippen LogP contribution < -0.4 is 0 Å². The number of likely N-dealkylation sites (N-methyl/N-ethyl adjacent to an activating group) is 1. The molecule has 0 bridgehead atoms. The molecular formula is C17H23F2NO. The minimum absolute atomic E-state index is 0.134. The summed E-state index contributed by atoms with van der Waals surface area (Å²) in [7, 11) is 0. The Labute approximate surface area is 125 Å². The van der Waals surface area contributed by atoms with Crippen LogP contribution in [0.3, 0.4) is 0 Å². The molecule has 0 amide bonds. The predicted molar refractivity (Wildman–Crippen MR) is 79.2 cm³/mol. The highest BCUT2D eigenvalue weighted by Crippen LogP contribution is 2.37. The Morgan fingerprint density at radius 2 is 1.76 bits per heavy atom. The van der Waals surface area contributed by atoms with Gasteiger partial charge in [-0.2, -0.15) is 0 Å². The van der Waals surface area contributed by atoms with Crippen LogP contribution in [0.5, 0.6) is 0 Å². The first kappa shape index (κ1) is 16.1. The molecule has 21 heavy (non-hydrogen) atoms. The second-order valence-corrected chi connectivity index (χ2v) is 5.76. The van der Waals surface area contributed by atoms with Crippen molar-refractivity contribution in [1.82, 2.24) is 4.90 Å². The fourth-order valence-electron chi connectivity index (χ4n) is 3.56. The third-order valence-corrected chi connectivity index (χ3v) is 4.67. The lowest BCUT2D eigenvalue weighted by Crippen LogP contribution is -2.53. The van der Waals surface area contributed by atoms with E-state index in [1.165, 1.54) is 6.07 Å². The number of carbonyl (C=O) groups excluding carboxylic acids is 1. The number of rotatable bonds is 6. The van der Waals surface area contributed by atoms with E-state index < -0.39 is 17.2 Å². The van der Waals surface area contributed by atoms with Crippen LogP contribution in [-0.2, 0) is 11.2 Å². The normalized spacial score (nSPS) is 17.4. The summed E-state index contributed by atoms with van der Waals surface area (Å²) in [5.74, 6) is -1.62. The van der Waals surface area contributed by atoms with Gasteiger partial charge >= 0.3 is 0 Å². The molecule has 4 heteroatoms. The molecule has 1 aliphatic rings. The third kappa shape index (κ3) is 3.15. The van der Waals surface area contributed by atoms with Crippen molar-refractivity contribution in [2.24, 2.45) is 0 Å². The second kappa shape index (κ2) is 6.65. The maximum absolute atomic E-state index is 13.3. The number of halogens is 2. The Balaban J connectivity index is 2.21. The minimum Gasteiger partial charge on any atom is -0.297 e. The monoisotopic (exact) mass is 295 g/mol. The average molecular weight is 295 g/mol. The van der Waals surface area contributed by atoms with Crippen molar-refractivity contribution in [2.75, 3.05) is 13.1 Å². The summed E-state index contributed by atoms with van der Waals surface area (Å²) in [4.78, 5) is 15.1. The number of benzene rings is 1. The summed E-state index contributed by atoms with van der Waals surface area (Å²) < 4.78 is 26.3. The maximum atomic E-state index is 13.3. The van der Waals surface area contributed by atoms with E-state index in [4.69, 9.17) is 0 Å². The molecule has 1 aromatic carbocycles. The Morgan fingerprint density at radius 1 is 1.14 bits per heavy atom. The Hall–Kier alpha value is -1.29. The topological polar surface area (TPSA) is 20.3 Å². The smallest absolute Gasteiger partial charge is 0.159 e. The lowest BCUT2D eigenvalue weighted by atomic mass is 9.86. The summed E-state index contributed by atoms with van der Waals surface area (Å²) in [6.45, 7) is 5.79. The van der Waals surface area contributed by atoms with Crippen LogP contribution in [0, 0.1) is 11.6 Å². The Bertz CT molecular complexity index is 506. The quantitative estimate of drug-likeness (QED) is 0.797. The van der Waals surface area contributed by atoms with Gasteiger partial charge in [0.1, 0.15) is 0 Å². The summed E-state index contributed by atoms with van der Waals surface area (Å²) in [5, 5.41) is 0. The molecule has 2 rings (SSSR count). The van der Waals surface area contributed by atoms with Gasteiger partial charge in [-0.3, -0.25) is 9.69 Å². The number of carbonyl (C=O) groups is 1. The summed E-state index contributed by atoms with van der Waals surface area (Å²) >= 11 is 0. The molecule has 2 nitrogen and oxygen atoms in total. The van der Waals surface area contributed by atoms with Crippen LogP contribution in [-0.4, -0.2) is 29.3 Å². The average Bonchev–Trinajstić information content (AvgIpc) is 2.95. The van der Waals surface area contributed by atoms with Crippen molar-refractivity contribution in [3.63, 3.8) is 0 Å². The third-order valence-electron chi connectivity index (χ3n) is 4.67. The van der Waals surface area contributed by atoms with Gasteiger partial charge in [0.2, 0.25) is 0 Å². The van der Waals surface area contributed by atoms with Crippen LogP contribution >= 0.6 is 0 Å². The molecule has 0 N–H and O–H groups in total. The van der Waals surface area contributed by atoms with Crippen LogP contribution in [0.2, 0.25) is 0 Å². The fraction of sp³-hybridized carbons (Fsp3) is 0.588. The van der Waals surface area contributed by atoms with Gasteiger partial charge in [0.25, 0.3) is 0 Å². The first-order valence-electron chi connectivity index (χ1n) is 7.75. The molecule has 0 radical (unpaired) electrons. The van der Waals surface area contributed by atoms with Gasteiger partial charge < -0.3 is 0 Å². The van der Waals surface area contributed by atoms with Crippen molar-refractivity contribution in [1.29, 1.82) is 0 Å². The van der Waals surface area contributed by atoms with Crippen LogP contribution in [0.25, 0.3) is 0 Å².